The van der Waals surface area contributed by atoms with E-state index in [1.165, 1.54) is 0 Å². The van der Waals surface area contributed by atoms with E-state index in [9.17, 15) is 4.79 Å². The van der Waals surface area contributed by atoms with Gasteiger partial charge in [0.15, 0.2) is 5.43 Å². The number of fused-ring (bicyclic) bond motifs is 1. The van der Waals surface area contributed by atoms with Crippen LogP contribution in [0.5, 0.6) is 0 Å². The minimum absolute atomic E-state index is 0.218. The summed E-state index contributed by atoms with van der Waals surface area (Å²) in [6.07, 6.45) is 0. The zero-order chi connectivity index (χ0) is 5.56. The van der Waals surface area contributed by atoms with Crippen molar-refractivity contribution in [3.63, 3.8) is 0 Å². The third-order valence-electron chi connectivity index (χ3n) is 1.35. The van der Waals surface area contributed by atoms with Crippen molar-refractivity contribution in [3.8, 4) is 0 Å². The molecule has 2 aromatic carbocycles. The Balaban J connectivity index is 3.03. The molecule has 0 atom stereocenters. The molecule has 0 bridgehead atoms. The van der Waals surface area contributed by atoms with Crippen LogP contribution in [0.2, 0.25) is 0 Å². The lowest BCUT2D eigenvalue weighted by atomic mass is 10.4. The van der Waals surface area contributed by atoms with Gasteiger partial charge in [-0.25, -0.2) is 0 Å². The van der Waals surface area contributed by atoms with Crippen molar-refractivity contribution in [1.29, 1.82) is 0 Å². The number of hydrogen-bond acceptors (Lipinski definition) is 1. The lowest BCUT2D eigenvalue weighted by molar-refractivity contribution is 1.90. The molecule has 38 valence electrons. The summed E-state index contributed by atoms with van der Waals surface area (Å²) in [6, 6.07) is 7.45. The third-order valence-corrected chi connectivity index (χ3v) is 1.35. The summed E-state index contributed by atoms with van der Waals surface area (Å²) in [5.74, 6) is 0. The number of rotatable bonds is 0. The van der Waals surface area contributed by atoms with Crippen molar-refractivity contribution in [2.45, 2.75) is 0 Å². The fourth-order valence-corrected chi connectivity index (χ4v) is 0.833. The molecule has 0 radical (unpaired) electrons. The van der Waals surface area contributed by atoms with E-state index in [0.29, 0.717) is 0 Å². The Labute approximate surface area is 46.2 Å². The highest BCUT2D eigenvalue weighted by Gasteiger charge is 2.07. The van der Waals surface area contributed by atoms with E-state index in [0.717, 1.165) is 10.8 Å². The zero-order valence-corrected chi connectivity index (χ0v) is 4.22. The smallest absolute Gasteiger partial charge is 0.194 e. The van der Waals surface area contributed by atoms with Crippen LogP contribution in [-0.2, 0) is 0 Å². The predicted octanol–water partition coefficient (Wildman–Crippen LogP) is 1.08. The molecule has 0 aliphatic rings. The first kappa shape index (κ1) is 3.84. The monoisotopic (exact) mass is 104 g/mol. The van der Waals surface area contributed by atoms with Crippen LogP contribution in [0.4, 0.5) is 0 Å². The van der Waals surface area contributed by atoms with E-state index < -0.39 is 0 Å². The molecular formula is C7H4O. The third kappa shape index (κ3) is 0.293. The van der Waals surface area contributed by atoms with Gasteiger partial charge in [0, 0.05) is 10.8 Å². The van der Waals surface area contributed by atoms with Gasteiger partial charge in [-0.3, -0.25) is 4.79 Å². The lowest BCUT2D eigenvalue weighted by Crippen LogP contribution is -1.66. The Hall–Kier alpha value is -1.11. The molecule has 1 nitrogen and oxygen atoms in total. The second-order valence-electron chi connectivity index (χ2n) is 1.87. The van der Waals surface area contributed by atoms with Crippen LogP contribution in [0.15, 0.2) is 29.1 Å². The molecule has 0 aliphatic heterocycles. The Morgan fingerprint density at radius 1 is 1.00 bits per heavy atom. The molecule has 1 heteroatoms. The van der Waals surface area contributed by atoms with Gasteiger partial charge in [0.25, 0.3) is 0 Å². The van der Waals surface area contributed by atoms with Gasteiger partial charge in [-0.05, 0) is 0 Å². The fourth-order valence-electron chi connectivity index (χ4n) is 0.833. The summed E-state index contributed by atoms with van der Waals surface area (Å²) >= 11 is 0. The Morgan fingerprint density at radius 3 is 1.88 bits per heavy atom. The molecule has 0 N–H and O–H groups in total. The quantitative estimate of drug-likeness (QED) is 0.488. The van der Waals surface area contributed by atoms with Crippen LogP contribution in [-0.4, -0.2) is 0 Å². The Kier molecular flexibility index (Phi) is 0.478. The van der Waals surface area contributed by atoms with Gasteiger partial charge in [0.2, 0.25) is 0 Å². The molecule has 0 amide bonds. The maximum Gasteiger partial charge on any atom is 0.194 e. The van der Waals surface area contributed by atoms with Crippen LogP contribution >= 0.6 is 0 Å². The topological polar surface area (TPSA) is 17.1 Å². The standard InChI is InChI=1S/C7H4O/c8-7-5-3-1-2-4-6(5)7/h1-4H. The molecule has 0 aliphatic carbocycles. The molecule has 0 spiro atoms. The van der Waals surface area contributed by atoms with Gasteiger partial charge in [-0.1, -0.05) is 24.3 Å². The molecule has 0 saturated carbocycles. The summed E-state index contributed by atoms with van der Waals surface area (Å²) in [4.78, 5) is 10.5. The Bertz CT molecular complexity index is 295. The van der Waals surface area contributed by atoms with Crippen LogP contribution in [0, 0.1) is 0 Å². The maximum atomic E-state index is 10.5. The van der Waals surface area contributed by atoms with Crippen LogP contribution < -0.4 is 5.43 Å². The maximum absolute atomic E-state index is 10.5. The van der Waals surface area contributed by atoms with Gasteiger partial charge in [0.1, 0.15) is 0 Å². The van der Waals surface area contributed by atoms with Crippen molar-refractivity contribution in [1.82, 2.24) is 0 Å². The van der Waals surface area contributed by atoms with E-state index in [2.05, 4.69) is 0 Å². The normalized spacial score (nSPS) is 11.0. The first-order chi connectivity index (χ1) is 3.89. The zero-order valence-electron chi connectivity index (χ0n) is 4.22. The van der Waals surface area contributed by atoms with Gasteiger partial charge in [-0.2, -0.15) is 0 Å². The van der Waals surface area contributed by atoms with E-state index in [4.69, 9.17) is 0 Å². The summed E-state index contributed by atoms with van der Waals surface area (Å²) in [5.41, 5.74) is 0.218. The highest BCUT2D eigenvalue weighted by Crippen LogP contribution is 2.11. The van der Waals surface area contributed by atoms with Crippen LogP contribution in [0.3, 0.4) is 0 Å². The number of hydrogen-bond donors (Lipinski definition) is 0. The highest BCUT2D eigenvalue weighted by molar-refractivity contribution is 5.96. The first-order valence-electron chi connectivity index (χ1n) is 2.53. The second-order valence-corrected chi connectivity index (χ2v) is 1.87. The van der Waals surface area contributed by atoms with Gasteiger partial charge < -0.3 is 0 Å². The minimum atomic E-state index is 0.218. The average molecular weight is 104 g/mol. The summed E-state index contributed by atoms with van der Waals surface area (Å²) in [5, 5.41) is 1.79. The molecule has 8 heavy (non-hydrogen) atoms. The Morgan fingerprint density at radius 2 is 1.50 bits per heavy atom. The van der Waals surface area contributed by atoms with E-state index in [1.54, 1.807) is 0 Å². The lowest BCUT2D eigenvalue weighted by Gasteiger charge is -1.66. The average Bonchev–Trinajstić information content (AvgIpc) is 2.46. The number of benzene rings is 1. The molecule has 2 rings (SSSR count). The van der Waals surface area contributed by atoms with Gasteiger partial charge >= 0.3 is 0 Å². The predicted molar refractivity (Wildman–Crippen MR) is 32.6 cm³/mol. The van der Waals surface area contributed by atoms with Crippen LogP contribution in [0.1, 0.15) is 0 Å². The van der Waals surface area contributed by atoms with Crippen molar-refractivity contribution in [3.05, 3.63) is 34.5 Å². The van der Waals surface area contributed by atoms with Crippen molar-refractivity contribution in [2.24, 2.45) is 0 Å². The van der Waals surface area contributed by atoms with E-state index in [-0.39, 0.29) is 5.43 Å². The summed E-state index contributed by atoms with van der Waals surface area (Å²) in [7, 11) is 0. The SMILES string of the molecule is O=c1c2ccccc12. The van der Waals surface area contributed by atoms with Gasteiger partial charge in [0.05, 0.1) is 0 Å². The van der Waals surface area contributed by atoms with E-state index >= 15 is 0 Å². The summed E-state index contributed by atoms with van der Waals surface area (Å²) in [6.45, 7) is 0. The highest BCUT2D eigenvalue weighted by atomic mass is 16.1. The molecule has 2 aromatic rings. The molecular weight excluding hydrogens is 100 g/mol. The summed E-state index contributed by atoms with van der Waals surface area (Å²) < 4.78 is 0. The van der Waals surface area contributed by atoms with Crippen molar-refractivity contribution >= 4 is 10.8 Å². The molecule has 0 aromatic heterocycles. The first-order valence-corrected chi connectivity index (χ1v) is 2.53. The molecule has 0 heterocycles. The molecule has 0 saturated heterocycles. The van der Waals surface area contributed by atoms with Gasteiger partial charge in [-0.15, -0.1) is 0 Å². The molecule has 0 fully saturated rings. The fraction of sp³-hybridized carbons (Fsp3) is 0. The largest absolute Gasteiger partial charge is 0.289 e. The van der Waals surface area contributed by atoms with Crippen LogP contribution in [0.25, 0.3) is 10.8 Å². The van der Waals surface area contributed by atoms with Crippen molar-refractivity contribution < 1.29 is 0 Å². The van der Waals surface area contributed by atoms with E-state index in [1.807, 2.05) is 24.3 Å². The van der Waals surface area contributed by atoms with Crippen molar-refractivity contribution in [2.75, 3.05) is 0 Å². The molecule has 0 unspecified atom stereocenters. The second kappa shape index (κ2) is 0.996. The minimum Gasteiger partial charge on any atom is -0.289 e.